The lowest BCUT2D eigenvalue weighted by molar-refractivity contribution is -0.192. The summed E-state index contributed by atoms with van der Waals surface area (Å²) in [6.45, 7) is 1.19. The molecular formula is C10H16F3NO3. The molecule has 0 aromatic heterocycles. The van der Waals surface area contributed by atoms with Gasteiger partial charge < -0.3 is 15.2 Å². The van der Waals surface area contributed by atoms with Gasteiger partial charge in [0, 0.05) is 12.6 Å². The Labute approximate surface area is 97.1 Å². The van der Waals surface area contributed by atoms with Crippen molar-refractivity contribution < 1.29 is 27.8 Å². The summed E-state index contributed by atoms with van der Waals surface area (Å²) < 4.78 is 37.1. The number of rotatable bonds is 1. The van der Waals surface area contributed by atoms with E-state index in [4.69, 9.17) is 14.6 Å². The summed E-state index contributed by atoms with van der Waals surface area (Å²) in [6, 6.07) is 0. The summed E-state index contributed by atoms with van der Waals surface area (Å²) in [5.74, 6) is -2.76. The molecule has 7 heteroatoms. The zero-order valence-corrected chi connectivity index (χ0v) is 9.51. The molecule has 2 fully saturated rings. The predicted molar refractivity (Wildman–Crippen MR) is 53.7 cm³/mol. The standard InChI is InChI=1S/C8H15NO.C2HF3O2/c1-10-7-3-5-8(7)4-2-6-9-8;3-2(4,5)1(6)7/h7,9H,2-6H2,1H3;(H,6,7). The smallest absolute Gasteiger partial charge is 0.475 e. The van der Waals surface area contributed by atoms with E-state index in [1.807, 2.05) is 7.11 Å². The molecule has 0 amide bonds. The van der Waals surface area contributed by atoms with Crippen molar-refractivity contribution in [3.63, 3.8) is 0 Å². The largest absolute Gasteiger partial charge is 0.490 e. The van der Waals surface area contributed by atoms with Gasteiger partial charge in [-0.1, -0.05) is 0 Å². The van der Waals surface area contributed by atoms with Crippen molar-refractivity contribution in [1.29, 1.82) is 0 Å². The highest BCUT2D eigenvalue weighted by molar-refractivity contribution is 5.73. The lowest BCUT2D eigenvalue weighted by Gasteiger charge is -2.46. The molecule has 0 bridgehead atoms. The zero-order chi connectivity index (χ0) is 13.1. The minimum Gasteiger partial charge on any atom is -0.475 e. The minimum atomic E-state index is -5.08. The first-order valence-electron chi connectivity index (χ1n) is 5.40. The fourth-order valence-corrected chi connectivity index (χ4v) is 2.27. The monoisotopic (exact) mass is 255 g/mol. The minimum absolute atomic E-state index is 0.411. The summed E-state index contributed by atoms with van der Waals surface area (Å²) in [4.78, 5) is 8.90. The third kappa shape index (κ3) is 3.32. The Morgan fingerprint density at radius 3 is 2.29 bits per heavy atom. The van der Waals surface area contributed by atoms with E-state index < -0.39 is 12.1 Å². The quantitative estimate of drug-likeness (QED) is 0.746. The normalized spacial score (nSPS) is 31.6. The number of carboxylic acids is 1. The Bertz CT molecular complexity index is 272. The fourth-order valence-electron chi connectivity index (χ4n) is 2.27. The molecule has 0 aromatic rings. The van der Waals surface area contributed by atoms with Gasteiger partial charge >= 0.3 is 12.1 Å². The van der Waals surface area contributed by atoms with Crippen molar-refractivity contribution in [2.75, 3.05) is 13.7 Å². The first kappa shape index (κ1) is 14.2. The summed E-state index contributed by atoms with van der Waals surface area (Å²) in [6.07, 6.45) is 0.662. The highest BCUT2D eigenvalue weighted by Crippen LogP contribution is 2.40. The van der Waals surface area contributed by atoms with Gasteiger partial charge in [0.1, 0.15) is 0 Å². The molecular weight excluding hydrogens is 239 g/mol. The number of ether oxygens (including phenoxy) is 1. The maximum Gasteiger partial charge on any atom is 0.490 e. The highest BCUT2D eigenvalue weighted by atomic mass is 19.4. The van der Waals surface area contributed by atoms with Crippen molar-refractivity contribution in [2.24, 2.45) is 0 Å². The highest BCUT2D eigenvalue weighted by Gasteiger charge is 2.48. The average Bonchev–Trinajstić information content (AvgIpc) is 2.67. The molecule has 0 radical (unpaired) electrons. The number of carbonyl (C=O) groups is 1. The van der Waals surface area contributed by atoms with Gasteiger partial charge in [-0.25, -0.2) is 4.79 Å². The molecule has 0 aromatic carbocycles. The fraction of sp³-hybridized carbons (Fsp3) is 0.900. The van der Waals surface area contributed by atoms with Crippen molar-refractivity contribution in [3.05, 3.63) is 0 Å². The third-order valence-electron chi connectivity index (χ3n) is 3.27. The number of aliphatic carboxylic acids is 1. The van der Waals surface area contributed by atoms with Crippen LogP contribution in [0.3, 0.4) is 0 Å². The van der Waals surface area contributed by atoms with Gasteiger partial charge in [-0.2, -0.15) is 13.2 Å². The van der Waals surface area contributed by atoms with Crippen LogP contribution >= 0.6 is 0 Å². The second kappa shape index (κ2) is 5.22. The van der Waals surface area contributed by atoms with Crippen LogP contribution in [0.1, 0.15) is 25.7 Å². The molecule has 2 rings (SSSR count). The van der Waals surface area contributed by atoms with Crippen molar-refractivity contribution in [1.82, 2.24) is 5.32 Å². The molecule has 2 N–H and O–H groups in total. The second-order valence-corrected chi connectivity index (χ2v) is 4.25. The Kier molecular flexibility index (Phi) is 4.37. The SMILES string of the molecule is COC1CCC12CCCN2.O=C(O)C(F)(F)F. The number of halogens is 3. The van der Waals surface area contributed by atoms with Gasteiger partial charge in [0.25, 0.3) is 0 Å². The lowest BCUT2D eigenvalue weighted by atomic mass is 9.73. The molecule has 100 valence electrons. The molecule has 1 aliphatic carbocycles. The van der Waals surface area contributed by atoms with E-state index in [1.165, 1.54) is 32.2 Å². The molecule has 1 aliphatic heterocycles. The molecule has 2 aliphatic rings. The molecule has 17 heavy (non-hydrogen) atoms. The Balaban J connectivity index is 0.000000185. The predicted octanol–water partition coefficient (Wildman–Crippen LogP) is 1.55. The number of hydrogen-bond acceptors (Lipinski definition) is 3. The molecule has 1 spiro atoms. The van der Waals surface area contributed by atoms with Crippen LogP contribution < -0.4 is 5.32 Å². The van der Waals surface area contributed by atoms with Gasteiger partial charge in [0.2, 0.25) is 0 Å². The number of hydrogen-bond donors (Lipinski definition) is 2. The molecule has 1 saturated heterocycles. The van der Waals surface area contributed by atoms with E-state index in [-0.39, 0.29) is 0 Å². The molecule has 1 heterocycles. The first-order valence-corrected chi connectivity index (χ1v) is 5.40. The molecule has 2 atom stereocenters. The molecule has 1 saturated carbocycles. The van der Waals surface area contributed by atoms with Gasteiger partial charge in [0.05, 0.1) is 6.10 Å². The summed E-state index contributed by atoms with van der Waals surface area (Å²) in [5.41, 5.74) is 0.411. The van der Waals surface area contributed by atoms with Gasteiger partial charge in [0.15, 0.2) is 0 Å². The first-order chi connectivity index (χ1) is 7.82. The van der Waals surface area contributed by atoms with Crippen molar-refractivity contribution in [3.8, 4) is 0 Å². The molecule has 4 nitrogen and oxygen atoms in total. The van der Waals surface area contributed by atoms with Crippen molar-refractivity contribution in [2.45, 2.75) is 43.5 Å². The van der Waals surface area contributed by atoms with Crippen LogP contribution in [-0.4, -0.2) is 42.5 Å². The summed E-state index contributed by atoms with van der Waals surface area (Å²) in [7, 11) is 1.82. The maximum absolute atomic E-state index is 10.6. The lowest BCUT2D eigenvalue weighted by Crippen LogP contribution is -2.58. The van der Waals surface area contributed by atoms with Gasteiger partial charge in [-0.05, 0) is 32.2 Å². The van der Waals surface area contributed by atoms with Crippen LogP contribution in [0.15, 0.2) is 0 Å². The van der Waals surface area contributed by atoms with Crippen LogP contribution in [0, 0.1) is 0 Å². The van der Waals surface area contributed by atoms with Crippen LogP contribution in [0.2, 0.25) is 0 Å². The van der Waals surface area contributed by atoms with Crippen molar-refractivity contribution >= 4 is 5.97 Å². The number of carboxylic acid groups (broad SMARTS) is 1. The Morgan fingerprint density at radius 1 is 1.47 bits per heavy atom. The van der Waals surface area contributed by atoms with Crippen LogP contribution in [0.25, 0.3) is 0 Å². The van der Waals surface area contributed by atoms with Crippen LogP contribution in [0.4, 0.5) is 13.2 Å². The zero-order valence-electron chi connectivity index (χ0n) is 9.51. The summed E-state index contributed by atoms with van der Waals surface area (Å²) >= 11 is 0. The van der Waals surface area contributed by atoms with Gasteiger partial charge in [-0.3, -0.25) is 0 Å². The number of methoxy groups -OCH3 is 1. The summed E-state index contributed by atoms with van der Waals surface area (Å²) in [5, 5.41) is 10.7. The van der Waals surface area contributed by atoms with E-state index in [9.17, 15) is 13.2 Å². The van der Waals surface area contributed by atoms with Gasteiger partial charge in [-0.15, -0.1) is 0 Å². The van der Waals surface area contributed by atoms with E-state index in [2.05, 4.69) is 5.32 Å². The third-order valence-corrected chi connectivity index (χ3v) is 3.27. The van der Waals surface area contributed by atoms with Crippen LogP contribution in [-0.2, 0) is 9.53 Å². The van der Waals surface area contributed by atoms with Crippen LogP contribution in [0.5, 0.6) is 0 Å². The number of alkyl halides is 3. The van der Waals surface area contributed by atoms with E-state index in [1.54, 1.807) is 0 Å². The topological polar surface area (TPSA) is 58.6 Å². The number of nitrogens with one attached hydrogen (secondary N) is 1. The van der Waals surface area contributed by atoms with E-state index in [0.717, 1.165) is 0 Å². The average molecular weight is 255 g/mol. The van der Waals surface area contributed by atoms with E-state index in [0.29, 0.717) is 11.6 Å². The molecule has 2 unspecified atom stereocenters. The maximum atomic E-state index is 10.6. The van der Waals surface area contributed by atoms with E-state index >= 15 is 0 Å². The Hall–Kier alpha value is -0.820. The second-order valence-electron chi connectivity index (χ2n) is 4.25. The Morgan fingerprint density at radius 2 is 2.06 bits per heavy atom.